The Morgan fingerprint density at radius 2 is 1.47 bits per heavy atom. The van der Waals surface area contributed by atoms with Gasteiger partial charge < -0.3 is 14.8 Å². The van der Waals surface area contributed by atoms with Gasteiger partial charge in [-0.05, 0) is 30.3 Å². The van der Waals surface area contributed by atoms with Crippen molar-refractivity contribution in [3.8, 4) is 11.5 Å². The highest BCUT2D eigenvalue weighted by molar-refractivity contribution is 6.46. The van der Waals surface area contributed by atoms with E-state index in [-0.39, 0.29) is 11.3 Å². The highest BCUT2D eigenvalue weighted by Crippen LogP contribution is 2.39. The van der Waals surface area contributed by atoms with Crippen molar-refractivity contribution < 1.29 is 27.8 Å². The van der Waals surface area contributed by atoms with Gasteiger partial charge in [-0.25, -0.2) is 13.7 Å². The first kappa shape index (κ1) is 21.0. The van der Waals surface area contributed by atoms with Crippen LogP contribution in [0.25, 0.3) is 5.57 Å². The van der Waals surface area contributed by atoms with Crippen LogP contribution in [0.15, 0.2) is 72.4 Å². The number of hydrogen-bond acceptors (Lipinski definition) is 5. The maximum absolute atomic E-state index is 14.5. The van der Waals surface area contributed by atoms with Crippen molar-refractivity contribution in [2.24, 2.45) is 0 Å². The summed E-state index contributed by atoms with van der Waals surface area (Å²) < 4.78 is 39.1. The predicted octanol–water partition coefficient (Wildman–Crippen LogP) is 4.38. The Kier molecular flexibility index (Phi) is 5.59. The van der Waals surface area contributed by atoms with E-state index in [1.54, 1.807) is 48.5 Å². The Hall–Kier alpha value is -4.20. The fourth-order valence-electron chi connectivity index (χ4n) is 3.51. The number of amides is 2. The zero-order chi connectivity index (χ0) is 22.8. The number of benzene rings is 3. The van der Waals surface area contributed by atoms with Crippen LogP contribution < -0.4 is 19.7 Å². The van der Waals surface area contributed by atoms with Crippen LogP contribution in [0.5, 0.6) is 11.5 Å². The number of nitrogens with zero attached hydrogens (tertiary/aromatic N) is 1. The quantitative estimate of drug-likeness (QED) is 0.581. The van der Waals surface area contributed by atoms with Gasteiger partial charge in [-0.1, -0.05) is 30.3 Å². The first-order valence-electron chi connectivity index (χ1n) is 9.57. The molecule has 0 bridgehead atoms. The predicted molar refractivity (Wildman–Crippen MR) is 115 cm³/mol. The van der Waals surface area contributed by atoms with Gasteiger partial charge in [0, 0.05) is 11.6 Å². The average Bonchev–Trinajstić information content (AvgIpc) is 3.04. The Balaban J connectivity index is 1.91. The van der Waals surface area contributed by atoms with Crippen LogP contribution in [-0.4, -0.2) is 26.0 Å². The minimum atomic E-state index is -0.911. The van der Waals surface area contributed by atoms with Gasteiger partial charge in [0.15, 0.2) is 0 Å². The Labute approximate surface area is 182 Å². The lowest BCUT2D eigenvalue weighted by molar-refractivity contribution is -0.120. The molecule has 0 spiro atoms. The molecule has 3 aromatic rings. The van der Waals surface area contributed by atoms with E-state index in [1.807, 2.05) is 0 Å². The summed E-state index contributed by atoms with van der Waals surface area (Å²) in [4.78, 5) is 27.4. The van der Waals surface area contributed by atoms with Crippen LogP contribution in [0.2, 0.25) is 0 Å². The van der Waals surface area contributed by atoms with Crippen LogP contribution in [-0.2, 0) is 9.59 Å². The molecule has 0 saturated heterocycles. The molecule has 0 fully saturated rings. The van der Waals surface area contributed by atoms with Crippen molar-refractivity contribution in [2.75, 3.05) is 24.4 Å². The smallest absolute Gasteiger partial charge is 0.282 e. The number of methoxy groups -OCH3 is 2. The zero-order valence-electron chi connectivity index (χ0n) is 17.2. The number of hydrogen-bond donors (Lipinski definition) is 1. The molecule has 3 aromatic carbocycles. The summed E-state index contributed by atoms with van der Waals surface area (Å²) in [5, 5.41) is 2.95. The second-order valence-corrected chi connectivity index (χ2v) is 6.82. The second-order valence-electron chi connectivity index (χ2n) is 6.82. The first-order valence-corrected chi connectivity index (χ1v) is 9.57. The third-order valence-corrected chi connectivity index (χ3v) is 4.98. The monoisotopic (exact) mass is 436 g/mol. The maximum Gasteiger partial charge on any atom is 0.282 e. The summed E-state index contributed by atoms with van der Waals surface area (Å²) in [6, 6.07) is 16.0. The summed E-state index contributed by atoms with van der Waals surface area (Å²) in [5.74, 6) is -2.59. The molecule has 8 heteroatoms. The van der Waals surface area contributed by atoms with Gasteiger partial charge in [-0.3, -0.25) is 9.59 Å². The van der Waals surface area contributed by atoms with Gasteiger partial charge >= 0.3 is 0 Å². The topological polar surface area (TPSA) is 67.9 Å². The van der Waals surface area contributed by atoms with E-state index >= 15 is 0 Å². The largest absolute Gasteiger partial charge is 0.496 e. The molecule has 0 saturated carbocycles. The van der Waals surface area contributed by atoms with Crippen LogP contribution in [0.3, 0.4) is 0 Å². The maximum atomic E-state index is 14.5. The average molecular weight is 436 g/mol. The van der Waals surface area contributed by atoms with Crippen molar-refractivity contribution in [1.82, 2.24) is 0 Å². The number of imide groups is 1. The summed E-state index contributed by atoms with van der Waals surface area (Å²) >= 11 is 0. The van der Waals surface area contributed by atoms with Gasteiger partial charge in [0.05, 0.1) is 31.2 Å². The lowest BCUT2D eigenvalue weighted by Gasteiger charge is -2.16. The molecular formula is C24H18F2N2O4. The third kappa shape index (κ3) is 3.56. The van der Waals surface area contributed by atoms with E-state index < -0.39 is 29.1 Å². The van der Waals surface area contributed by atoms with Crippen molar-refractivity contribution in [1.29, 1.82) is 0 Å². The molecule has 1 aliphatic heterocycles. The second kappa shape index (κ2) is 8.50. The van der Waals surface area contributed by atoms with Crippen molar-refractivity contribution >= 4 is 28.8 Å². The normalized spacial score (nSPS) is 13.6. The van der Waals surface area contributed by atoms with Crippen molar-refractivity contribution in [3.63, 3.8) is 0 Å². The lowest BCUT2D eigenvalue weighted by Crippen LogP contribution is -2.33. The fraction of sp³-hybridized carbons (Fsp3) is 0.0833. The molecule has 0 unspecified atom stereocenters. The van der Waals surface area contributed by atoms with Crippen molar-refractivity contribution in [3.05, 3.63) is 89.6 Å². The number of anilines is 2. The standard InChI is InChI=1S/C24H18F2N2O4/c1-31-19-9-5-3-7-15(19)21-22(27-17-8-4-6-10-20(17)32-2)24(30)28(23(21)29)18-13-14(25)11-12-16(18)26/h3-13,27H,1-2H3. The number of carbonyl (C=O) groups excluding carboxylic acids is 2. The van der Waals surface area contributed by atoms with E-state index in [0.717, 1.165) is 18.2 Å². The van der Waals surface area contributed by atoms with Gasteiger partial charge in [0.1, 0.15) is 28.8 Å². The van der Waals surface area contributed by atoms with E-state index in [4.69, 9.17) is 9.47 Å². The first-order chi connectivity index (χ1) is 15.5. The molecule has 1 aliphatic rings. The number of nitrogens with one attached hydrogen (secondary N) is 1. The molecule has 0 atom stereocenters. The van der Waals surface area contributed by atoms with Crippen molar-refractivity contribution in [2.45, 2.75) is 0 Å². The number of ether oxygens (including phenoxy) is 2. The van der Waals surface area contributed by atoms with E-state index in [0.29, 0.717) is 27.6 Å². The molecule has 0 aromatic heterocycles. The molecule has 0 aliphatic carbocycles. The number of rotatable bonds is 6. The fourth-order valence-corrected chi connectivity index (χ4v) is 3.51. The number of para-hydroxylation sites is 3. The summed E-state index contributed by atoms with van der Waals surface area (Å²) in [6.07, 6.45) is 0. The van der Waals surface area contributed by atoms with Crippen LogP contribution >= 0.6 is 0 Å². The molecule has 1 N–H and O–H groups in total. The van der Waals surface area contributed by atoms with E-state index in [1.165, 1.54) is 14.2 Å². The Bertz CT molecular complexity index is 1260. The van der Waals surface area contributed by atoms with Gasteiger partial charge in [0.2, 0.25) is 0 Å². The third-order valence-electron chi connectivity index (χ3n) is 4.98. The molecule has 1 heterocycles. The molecule has 32 heavy (non-hydrogen) atoms. The van der Waals surface area contributed by atoms with Crippen LogP contribution in [0.4, 0.5) is 20.2 Å². The molecule has 2 amide bonds. The van der Waals surface area contributed by atoms with E-state index in [2.05, 4.69) is 5.32 Å². The number of halogens is 2. The molecule has 162 valence electrons. The van der Waals surface area contributed by atoms with Gasteiger partial charge in [0.25, 0.3) is 11.8 Å². The highest BCUT2D eigenvalue weighted by Gasteiger charge is 2.42. The summed E-state index contributed by atoms with van der Waals surface area (Å²) in [6.45, 7) is 0. The number of carbonyl (C=O) groups is 2. The van der Waals surface area contributed by atoms with Crippen LogP contribution in [0, 0.1) is 11.6 Å². The highest BCUT2D eigenvalue weighted by atomic mass is 19.1. The molecule has 6 nitrogen and oxygen atoms in total. The minimum Gasteiger partial charge on any atom is -0.496 e. The molecule has 4 rings (SSSR count). The molecule has 0 radical (unpaired) electrons. The summed E-state index contributed by atoms with van der Waals surface area (Å²) in [7, 11) is 2.89. The Morgan fingerprint density at radius 3 is 2.19 bits per heavy atom. The van der Waals surface area contributed by atoms with Gasteiger partial charge in [-0.15, -0.1) is 0 Å². The Morgan fingerprint density at radius 1 is 0.812 bits per heavy atom. The van der Waals surface area contributed by atoms with E-state index in [9.17, 15) is 18.4 Å². The lowest BCUT2D eigenvalue weighted by atomic mass is 10.0. The zero-order valence-corrected chi connectivity index (χ0v) is 17.2. The minimum absolute atomic E-state index is 0.0398. The molecular weight excluding hydrogens is 418 g/mol. The SMILES string of the molecule is COc1ccccc1NC1=C(c2ccccc2OC)C(=O)N(c2cc(F)ccc2F)C1=O. The summed E-state index contributed by atoms with van der Waals surface area (Å²) in [5.41, 5.74) is 0.101. The van der Waals surface area contributed by atoms with Crippen LogP contribution in [0.1, 0.15) is 5.56 Å². The van der Waals surface area contributed by atoms with Gasteiger partial charge in [-0.2, -0.15) is 0 Å².